The van der Waals surface area contributed by atoms with E-state index in [4.69, 9.17) is 34.8 Å². The number of amides is 1. The van der Waals surface area contributed by atoms with E-state index in [1.165, 1.54) is 10.4 Å². The number of anilines is 1. The topological polar surface area (TPSA) is 66.5 Å². The van der Waals surface area contributed by atoms with Crippen molar-refractivity contribution in [1.82, 2.24) is 4.31 Å². The molecule has 9 heteroatoms. The number of nitrogens with one attached hydrogen (secondary N) is 1. The normalized spacial score (nSPS) is 16.0. The van der Waals surface area contributed by atoms with Crippen LogP contribution in [0.1, 0.15) is 24.0 Å². The minimum atomic E-state index is -3.54. The summed E-state index contributed by atoms with van der Waals surface area (Å²) in [7, 11) is -3.54. The highest BCUT2D eigenvalue weighted by molar-refractivity contribution is 7.88. The van der Waals surface area contributed by atoms with E-state index in [2.05, 4.69) is 5.32 Å². The molecular formula is C20H21Cl3N2O3S. The monoisotopic (exact) mass is 474 g/mol. The fourth-order valence-electron chi connectivity index (χ4n) is 3.29. The van der Waals surface area contributed by atoms with Crippen LogP contribution in [0.3, 0.4) is 0 Å². The van der Waals surface area contributed by atoms with Crippen molar-refractivity contribution in [1.29, 1.82) is 0 Å². The van der Waals surface area contributed by atoms with E-state index in [9.17, 15) is 13.2 Å². The van der Waals surface area contributed by atoms with Crippen molar-refractivity contribution in [3.05, 3.63) is 62.6 Å². The van der Waals surface area contributed by atoms with Crippen molar-refractivity contribution in [2.45, 2.75) is 25.5 Å². The number of carbonyl (C=O) groups is 1. The van der Waals surface area contributed by atoms with Crippen LogP contribution in [0, 0.1) is 12.8 Å². The van der Waals surface area contributed by atoms with Crippen LogP contribution in [0.4, 0.5) is 5.69 Å². The molecule has 1 N–H and O–H groups in total. The van der Waals surface area contributed by atoms with Gasteiger partial charge in [0.1, 0.15) is 0 Å². The van der Waals surface area contributed by atoms with Gasteiger partial charge < -0.3 is 5.32 Å². The molecule has 0 aromatic heterocycles. The lowest BCUT2D eigenvalue weighted by Gasteiger charge is -2.30. The number of nitrogens with zero attached hydrogens (tertiary/aromatic N) is 1. The van der Waals surface area contributed by atoms with Gasteiger partial charge in [0.2, 0.25) is 15.9 Å². The summed E-state index contributed by atoms with van der Waals surface area (Å²) < 4.78 is 26.9. The van der Waals surface area contributed by atoms with E-state index < -0.39 is 10.0 Å². The molecule has 3 rings (SSSR count). The van der Waals surface area contributed by atoms with Crippen LogP contribution in [0.15, 0.2) is 36.4 Å². The molecular weight excluding hydrogens is 455 g/mol. The van der Waals surface area contributed by atoms with Gasteiger partial charge in [-0.1, -0.05) is 46.9 Å². The van der Waals surface area contributed by atoms with E-state index in [1.807, 2.05) is 13.0 Å². The second-order valence-corrected chi connectivity index (χ2v) is 10.4. The molecule has 2 aromatic rings. The summed E-state index contributed by atoms with van der Waals surface area (Å²) in [4.78, 5) is 12.6. The molecule has 0 spiro atoms. The van der Waals surface area contributed by atoms with E-state index >= 15 is 0 Å². The van der Waals surface area contributed by atoms with E-state index in [0.29, 0.717) is 52.2 Å². The second kappa shape index (κ2) is 9.23. The molecule has 1 amide bonds. The first kappa shape index (κ1) is 22.4. The highest BCUT2D eigenvalue weighted by atomic mass is 35.5. The molecule has 5 nitrogen and oxygen atoms in total. The van der Waals surface area contributed by atoms with Crippen LogP contribution >= 0.6 is 34.8 Å². The molecule has 0 atom stereocenters. The quantitative estimate of drug-likeness (QED) is 0.651. The summed E-state index contributed by atoms with van der Waals surface area (Å²) in [6.45, 7) is 2.48. The minimum Gasteiger partial charge on any atom is -0.326 e. The number of hydrogen-bond acceptors (Lipinski definition) is 3. The summed E-state index contributed by atoms with van der Waals surface area (Å²) >= 11 is 18.0. The Kier molecular flexibility index (Phi) is 7.12. The Hall–Kier alpha value is -1.31. The molecule has 1 heterocycles. The predicted octanol–water partition coefficient (Wildman–Crippen LogP) is 5.14. The maximum absolute atomic E-state index is 12.8. The fraction of sp³-hybridized carbons (Fsp3) is 0.350. The lowest BCUT2D eigenvalue weighted by molar-refractivity contribution is -0.120. The summed E-state index contributed by atoms with van der Waals surface area (Å²) in [6.07, 6.45) is 0.915. The molecule has 0 radical (unpaired) electrons. The van der Waals surface area contributed by atoms with Crippen molar-refractivity contribution < 1.29 is 13.2 Å². The van der Waals surface area contributed by atoms with Gasteiger partial charge in [-0.25, -0.2) is 12.7 Å². The minimum absolute atomic E-state index is 0.117. The molecule has 1 saturated heterocycles. The van der Waals surface area contributed by atoms with Gasteiger partial charge in [-0.2, -0.15) is 0 Å². The number of benzene rings is 2. The fourth-order valence-corrected chi connectivity index (χ4v) is 5.61. The molecule has 1 fully saturated rings. The largest absolute Gasteiger partial charge is 0.326 e. The first-order chi connectivity index (χ1) is 13.7. The van der Waals surface area contributed by atoms with Gasteiger partial charge in [0, 0.05) is 39.8 Å². The third-order valence-electron chi connectivity index (χ3n) is 5.03. The lowest BCUT2D eigenvalue weighted by atomic mass is 9.97. The van der Waals surface area contributed by atoms with E-state index in [0.717, 1.165) is 5.56 Å². The maximum Gasteiger partial charge on any atom is 0.227 e. The summed E-state index contributed by atoms with van der Waals surface area (Å²) in [5.41, 5.74) is 2.10. The standard InChI is InChI=1S/C20H21Cl3N2O3S/c1-13-2-4-17(22)11-19(13)24-20(26)14-6-8-25(9-7-14)29(27,28)12-15-3-5-16(21)10-18(15)23/h2-5,10-11,14H,6-9,12H2,1H3,(H,24,26). The smallest absolute Gasteiger partial charge is 0.227 e. The zero-order chi connectivity index (χ0) is 21.2. The molecule has 0 bridgehead atoms. The number of hydrogen-bond donors (Lipinski definition) is 1. The lowest BCUT2D eigenvalue weighted by Crippen LogP contribution is -2.42. The number of sulfonamides is 1. The van der Waals surface area contributed by atoms with Crippen molar-refractivity contribution in [2.24, 2.45) is 5.92 Å². The van der Waals surface area contributed by atoms with Crippen LogP contribution in [0.5, 0.6) is 0 Å². The maximum atomic E-state index is 12.8. The summed E-state index contributed by atoms with van der Waals surface area (Å²) in [5, 5.41) is 4.24. The zero-order valence-electron chi connectivity index (χ0n) is 15.8. The van der Waals surface area contributed by atoms with E-state index in [-0.39, 0.29) is 17.6 Å². The van der Waals surface area contributed by atoms with Crippen LogP contribution in [-0.4, -0.2) is 31.7 Å². The van der Waals surface area contributed by atoms with Crippen molar-refractivity contribution in [3.63, 3.8) is 0 Å². The third kappa shape index (κ3) is 5.64. The Morgan fingerprint density at radius 1 is 1.07 bits per heavy atom. The predicted molar refractivity (Wildman–Crippen MR) is 118 cm³/mol. The van der Waals surface area contributed by atoms with Gasteiger partial charge in [-0.3, -0.25) is 4.79 Å². The average Bonchev–Trinajstić information content (AvgIpc) is 2.67. The Labute approximate surface area is 186 Å². The highest BCUT2D eigenvalue weighted by Gasteiger charge is 2.31. The first-order valence-electron chi connectivity index (χ1n) is 9.14. The SMILES string of the molecule is Cc1ccc(Cl)cc1NC(=O)C1CCN(S(=O)(=O)Cc2ccc(Cl)cc2Cl)CC1. The van der Waals surface area contributed by atoms with Crippen LogP contribution in [0.25, 0.3) is 0 Å². The van der Waals surface area contributed by atoms with Gasteiger partial charge in [-0.15, -0.1) is 0 Å². The van der Waals surface area contributed by atoms with Gasteiger partial charge in [-0.05, 0) is 55.2 Å². The number of halogens is 3. The first-order valence-corrected chi connectivity index (χ1v) is 11.9. The Bertz CT molecular complexity index is 1020. The number of piperidine rings is 1. The highest BCUT2D eigenvalue weighted by Crippen LogP contribution is 2.27. The van der Waals surface area contributed by atoms with Gasteiger partial charge in [0.15, 0.2) is 0 Å². The Balaban J connectivity index is 1.60. The summed E-state index contributed by atoms with van der Waals surface area (Å²) in [5.74, 6) is -0.561. The molecule has 1 aliphatic rings. The van der Waals surface area contributed by atoms with Crippen molar-refractivity contribution >= 4 is 56.4 Å². The molecule has 2 aromatic carbocycles. The molecule has 29 heavy (non-hydrogen) atoms. The van der Waals surface area contributed by atoms with Gasteiger partial charge >= 0.3 is 0 Å². The molecule has 1 aliphatic heterocycles. The van der Waals surface area contributed by atoms with Gasteiger partial charge in [0.25, 0.3) is 0 Å². The number of carbonyl (C=O) groups excluding carboxylic acids is 1. The van der Waals surface area contributed by atoms with Crippen molar-refractivity contribution in [3.8, 4) is 0 Å². The number of rotatable bonds is 5. The summed E-state index contributed by atoms with van der Waals surface area (Å²) in [6, 6.07) is 10.1. The van der Waals surface area contributed by atoms with Crippen molar-refractivity contribution in [2.75, 3.05) is 18.4 Å². The second-order valence-electron chi connectivity index (χ2n) is 7.11. The molecule has 156 valence electrons. The zero-order valence-corrected chi connectivity index (χ0v) is 18.9. The average molecular weight is 476 g/mol. The van der Waals surface area contributed by atoms with E-state index in [1.54, 1.807) is 24.3 Å². The third-order valence-corrected chi connectivity index (χ3v) is 7.68. The van der Waals surface area contributed by atoms with Gasteiger partial charge in [0.05, 0.1) is 5.75 Å². The van der Waals surface area contributed by atoms with Crippen LogP contribution in [0.2, 0.25) is 15.1 Å². The Morgan fingerprint density at radius 3 is 2.34 bits per heavy atom. The Morgan fingerprint density at radius 2 is 1.69 bits per heavy atom. The molecule has 0 aliphatic carbocycles. The molecule has 0 unspecified atom stereocenters. The molecule has 0 saturated carbocycles. The number of aryl methyl sites for hydroxylation is 1. The van der Waals surface area contributed by atoms with Crippen LogP contribution < -0.4 is 5.32 Å². The van der Waals surface area contributed by atoms with Crippen LogP contribution in [-0.2, 0) is 20.6 Å².